The highest BCUT2D eigenvalue weighted by atomic mass is 32.1. The predicted octanol–water partition coefficient (Wildman–Crippen LogP) is 2.79. The van der Waals surface area contributed by atoms with Crippen molar-refractivity contribution >= 4 is 11.3 Å². The van der Waals surface area contributed by atoms with Crippen LogP contribution in [0.3, 0.4) is 0 Å². The number of nitrogens with two attached hydrogens (primary N) is 1. The highest BCUT2D eigenvalue weighted by Crippen LogP contribution is 2.31. The Labute approximate surface area is 72.2 Å². The minimum Gasteiger partial charge on any atom is -0.323 e. The van der Waals surface area contributed by atoms with E-state index < -0.39 is 0 Å². The molecular weight excluding hydrogens is 154 g/mol. The van der Waals surface area contributed by atoms with Gasteiger partial charge in [0.05, 0.1) is 0 Å². The lowest BCUT2D eigenvalue weighted by Gasteiger charge is -2.26. The predicted molar refractivity (Wildman–Crippen MR) is 50.7 cm³/mol. The van der Waals surface area contributed by atoms with Crippen molar-refractivity contribution in [2.45, 2.75) is 26.8 Å². The van der Waals surface area contributed by atoms with E-state index in [-0.39, 0.29) is 11.5 Å². The van der Waals surface area contributed by atoms with E-state index in [0.29, 0.717) is 0 Å². The third-order valence-corrected chi connectivity index (χ3v) is 2.54. The van der Waals surface area contributed by atoms with Crippen LogP contribution in [0.1, 0.15) is 32.4 Å². The van der Waals surface area contributed by atoms with Gasteiger partial charge in [-0.15, -0.1) is 0 Å². The van der Waals surface area contributed by atoms with Crippen molar-refractivity contribution < 1.29 is 0 Å². The van der Waals surface area contributed by atoms with Gasteiger partial charge >= 0.3 is 0 Å². The average Bonchev–Trinajstić information content (AvgIpc) is 2.34. The van der Waals surface area contributed by atoms with Gasteiger partial charge in [-0.2, -0.15) is 11.3 Å². The van der Waals surface area contributed by atoms with Crippen LogP contribution in [-0.2, 0) is 0 Å². The minimum absolute atomic E-state index is 0.161. The van der Waals surface area contributed by atoms with Crippen LogP contribution in [0, 0.1) is 5.41 Å². The number of hydrogen-bond donors (Lipinski definition) is 1. The molecule has 1 rings (SSSR count). The standard InChI is InChI=1S/C9H15NS/c1-9(2,3)8(10)7-4-5-11-6-7/h4-6,8H,10H2,1-3H3/t8-/m1/s1. The molecule has 0 unspecified atom stereocenters. The molecule has 11 heavy (non-hydrogen) atoms. The molecule has 0 fully saturated rings. The SMILES string of the molecule is CC(C)(C)[C@H](N)c1ccsc1. The van der Waals surface area contributed by atoms with Crippen LogP contribution in [-0.4, -0.2) is 0 Å². The molecule has 1 aromatic heterocycles. The summed E-state index contributed by atoms with van der Waals surface area (Å²) in [5.74, 6) is 0. The maximum absolute atomic E-state index is 6.02. The minimum atomic E-state index is 0.161. The smallest absolute Gasteiger partial charge is 0.0352 e. The van der Waals surface area contributed by atoms with E-state index in [1.165, 1.54) is 5.56 Å². The summed E-state index contributed by atoms with van der Waals surface area (Å²) in [6, 6.07) is 2.26. The Kier molecular flexibility index (Phi) is 2.35. The summed E-state index contributed by atoms with van der Waals surface area (Å²) in [6.45, 7) is 6.49. The van der Waals surface area contributed by atoms with E-state index in [4.69, 9.17) is 5.73 Å². The Balaban J connectivity index is 2.78. The van der Waals surface area contributed by atoms with Crippen LogP contribution in [0.5, 0.6) is 0 Å². The third kappa shape index (κ3) is 2.04. The molecule has 1 atom stereocenters. The molecule has 0 aliphatic heterocycles. The molecule has 0 bridgehead atoms. The van der Waals surface area contributed by atoms with Gasteiger partial charge in [0.2, 0.25) is 0 Å². The van der Waals surface area contributed by atoms with Crippen molar-refractivity contribution in [3.8, 4) is 0 Å². The third-order valence-electron chi connectivity index (χ3n) is 1.84. The second-order valence-electron chi connectivity index (χ2n) is 3.90. The van der Waals surface area contributed by atoms with Crippen molar-refractivity contribution in [3.63, 3.8) is 0 Å². The Bertz CT molecular complexity index is 208. The molecule has 1 nitrogen and oxygen atoms in total. The van der Waals surface area contributed by atoms with Crippen LogP contribution < -0.4 is 5.73 Å². The average molecular weight is 169 g/mol. The molecule has 0 aliphatic carbocycles. The molecule has 1 aromatic rings. The van der Waals surface area contributed by atoms with E-state index in [1.807, 2.05) is 0 Å². The van der Waals surface area contributed by atoms with Gasteiger partial charge in [-0.1, -0.05) is 20.8 Å². The molecular formula is C9H15NS. The Morgan fingerprint density at radius 2 is 2.09 bits per heavy atom. The fraction of sp³-hybridized carbons (Fsp3) is 0.556. The van der Waals surface area contributed by atoms with Crippen LogP contribution in [0.25, 0.3) is 0 Å². The Hall–Kier alpha value is -0.340. The van der Waals surface area contributed by atoms with E-state index in [9.17, 15) is 0 Å². The van der Waals surface area contributed by atoms with Crippen molar-refractivity contribution in [1.29, 1.82) is 0 Å². The van der Waals surface area contributed by atoms with E-state index >= 15 is 0 Å². The normalized spacial score (nSPS) is 14.9. The fourth-order valence-corrected chi connectivity index (χ4v) is 1.65. The molecule has 0 amide bonds. The Morgan fingerprint density at radius 1 is 1.45 bits per heavy atom. The molecule has 0 radical (unpaired) electrons. The van der Waals surface area contributed by atoms with Gasteiger partial charge in [0.1, 0.15) is 0 Å². The summed E-state index contributed by atoms with van der Waals surface area (Å²) >= 11 is 1.70. The topological polar surface area (TPSA) is 26.0 Å². The molecule has 62 valence electrons. The van der Waals surface area contributed by atoms with E-state index in [2.05, 4.69) is 37.6 Å². The van der Waals surface area contributed by atoms with Crippen LogP contribution >= 0.6 is 11.3 Å². The van der Waals surface area contributed by atoms with Gasteiger partial charge in [0.15, 0.2) is 0 Å². The van der Waals surface area contributed by atoms with Crippen LogP contribution in [0.4, 0.5) is 0 Å². The van der Waals surface area contributed by atoms with Gasteiger partial charge in [-0.05, 0) is 27.8 Å². The van der Waals surface area contributed by atoms with E-state index in [0.717, 1.165) is 0 Å². The van der Waals surface area contributed by atoms with Crippen molar-refractivity contribution in [1.82, 2.24) is 0 Å². The zero-order valence-electron chi connectivity index (χ0n) is 7.29. The van der Waals surface area contributed by atoms with Gasteiger partial charge in [-0.25, -0.2) is 0 Å². The Morgan fingerprint density at radius 3 is 2.45 bits per heavy atom. The highest BCUT2D eigenvalue weighted by molar-refractivity contribution is 7.07. The molecule has 2 heteroatoms. The fourth-order valence-electron chi connectivity index (χ4n) is 0.952. The second-order valence-corrected chi connectivity index (χ2v) is 4.68. The molecule has 0 spiro atoms. The molecule has 0 aliphatic rings. The van der Waals surface area contributed by atoms with Crippen molar-refractivity contribution in [2.75, 3.05) is 0 Å². The lowest BCUT2D eigenvalue weighted by Crippen LogP contribution is -2.25. The summed E-state index contributed by atoms with van der Waals surface area (Å²) in [5.41, 5.74) is 7.44. The molecule has 1 heterocycles. The monoisotopic (exact) mass is 169 g/mol. The molecule has 0 saturated carbocycles. The number of rotatable bonds is 1. The van der Waals surface area contributed by atoms with Gasteiger partial charge in [0, 0.05) is 6.04 Å². The number of thiophene rings is 1. The summed E-state index contributed by atoms with van der Waals surface area (Å²) in [7, 11) is 0. The zero-order chi connectivity index (χ0) is 8.48. The maximum Gasteiger partial charge on any atom is 0.0352 e. The summed E-state index contributed by atoms with van der Waals surface area (Å²) in [4.78, 5) is 0. The highest BCUT2D eigenvalue weighted by Gasteiger charge is 2.21. The van der Waals surface area contributed by atoms with Gasteiger partial charge < -0.3 is 5.73 Å². The van der Waals surface area contributed by atoms with Crippen molar-refractivity contribution in [2.24, 2.45) is 11.1 Å². The number of hydrogen-bond acceptors (Lipinski definition) is 2. The first-order valence-corrected chi connectivity index (χ1v) is 4.74. The van der Waals surface area contributed by atoms with Gasteiger partial charge in [-0.3, -0.25) is 0 Å². The second kappa shape index (κ2) is 2.95. The van der Waals surface area contributed by atoms with Crippen LogP contribution in [0.15, 0.2) is 16.8 Å². The first kappa shape index (κ1) is 8.75. The quantitative estimate of drug-likeness (QED) is 0.687. The summed E-state index contributed by atoms with van der Waals surface area (Å²) < 4.78 is 0. The lowest BCUT2D eigenvalue weighted by atomic mass is 9.84. The molecule has 2 N–H and O–H groups in total. The zero-order valence-corrected chi connectivity index (χ0v) is 8.11. The summed E-state index contributed by atoms with van der Waals surface area (Å²) in [6.07, 6.45) is 0. The van der Waals surface area contributed by atoms with Crippen LogP contribution in [0.2, 0.25) is 0 Å². The van der Waals surface area contributed by atoms with Crippen molar-refractivity contribution in [3.05, 3.63) is 22.4 Å². The lowest BCUT2D eigenvalue weighted by molar-refractivity contribution is 0.327. The first-order chi connectivity index (χ1) is 5.02. The molecule has 0 saturated heterocycles. The molecule has 0 aromatic carbocycles. The maximum atomic E-state index is 6.02. The van der Waals surface area contributed by atoms with Gasteiger partial charge in [0.25, 0.3) is 0 Å². The summed E-state index contributed by atoms with van der Waals surface area (Å²) in [5, 5.41) is 4.19. The first-order valence-electron chi connectivity index (χ1n) is 3.79. The van der Waals surface area contributed by atoms with E-state index in [1.54, 1.807) is 11.3 Å². The largest absolute Gasteiger partial charge is 0.323 e.